The minimum atomic E-state index is -0.274. The molecule has 0 aliphatic carbocycles. The lowest BCUT2D eigenvalue weighted by molar-refractivity contribution is -0.126. The predicted molar refractivity (Wildman–Crippen MR) is 128 cm³/mol. The van der Waals surface area contributed by atoms with Crippen molar-refractivity contribution in [2.24, 2.45) is 0 Å². The Balaban J connectivity index is 1.30. The van der Waals surface area contributed by atoms with Crippen molar-refractivity contribution in [3.05, 3.63) is 71.7 Å². The highest BCUT2D eigenvalue weighted by atomic mass is 16.5. The Labute approximate surface area is 198 Å². The number of carbonyl (C=O) groups is 1. The normalized spacial score (nSPS) is 17.7. The number of morpholine rings is 1. The number of ether oxygens (including phenoxy) is 1. The summed E-state index contributed by atoms with van der Waals surface area (Å²) in [7, 11) is 0. The maximum atomic E-state index is 12.8. The minimum Gasteiger partial charge on any atom is -0.394 e. The molecule has 34 heavy (non-hydrogen) atoms. The molecule has 2 aromatic heterocycles. The van der Waals surface area contributed by atoms with Crippen molar-refractivity contribution in [3.8, 4) is 0 Å². The zero-order chi connectivity index (χ0) is 23.3. The summed E-state index contributed by atoms with van der Waals surface area (Å²) >= 11 is 0. The van der Waals surface area contributed by atoms with Gasteiger partial charge in [-0.05, 0) is 23.1 Å². The van der Waals surface area contributed by atoms with Gasteiger partial charge in [0, 0.05) is 45.0 Å². The lowest BCUT2D eigenvalue weighted by Gasteiger charge is -2.27. The number of aliphatic hydroxyl groups is 1. The van der Waals surface area contributed by atoms with Gasteiger partial charge in [-0.25, -0.2) is 9.50 Å². The molecule has 2 aliphatic heterocycles. The van der Waals surface area contributed by atoms with E-state index < -0.39 is 0 Å². The Morgan fingerprint density at radius 1 is 1.21 bits per heavy atom. The number of rotatable bonds is 7. The van der Waals surface area contributed by atoms with Crippen LogP contribution in [0.1, 0.15) is 22.7 Å². The molecule has 2 aliphatic rings. The van der Waals surface area contributed by atoms with Crippen LogP contribution in [0.2, 0.25) is 0 Å². The Kier molecular flexibility index (Phi) is 6.84. The van der Waals surface area contributed by atoms with Gasteiger partial charge in [0.1, 0.15) is 11.8 Å². The topological polar surface area (TPSA) is 95.2 Å². The zero-order valence-electron chi connectivity index (χ0n) is 19.1. The van der Waals surface area contributed by atoms with Gasteiger partial charge in [0.2, 0.25) is 5.91 Å². The number of anilines is 1. The van der Waals surface area contributed by atoms with Crippen molar-refractivity contribution in [3.63, 3.8) is 0 Å². The third kappa shape index (κ3) is 4.82. The lowest BCUT2D eigenvalue weighted by Crippen LogP contribution is -2.37. The molecule has 1 fully saturated rings. The largest absolute Gasteiger partial charge is 0.394 e. The Hall–Kier alpha value is -3.27. The molecule has 0 spiro atoms. The molecular formula is C25H30N6O3. The smallest absolute Gasteiger partial charge is 0.246 e. The molecule has 1 atom stereocenters. The third-order valence-electron chi connectivity index (χ3n) is 6.50. The summed E-state index contributed by atoms with van der Waals surface area (Å²) in [6.07, 6.45) is 7.86. The number of fused-ring (bicyclic) bond motifs is 3. The first-order valence-corrected chi connectivity index (χ1v) is 11.7. The number of carbonyl (C=O) groups excluding carboxylic acids is 1. The van der Waals surface area contributed by atoms with Gasteiger partial charge in [-0.3, -0.25) is 9.69 Å². The zero-order valence-corrected chi connectivity index (χ0v) is 19.1. The fraction of sp³-hybridized carbons (Fsp3) is 0.400. The maximum absolute atomic E-state index is 12.8. The van der Waals surface area contributed by atoms with Crippen LogP contribution in [0, 0.1) is 0 Å². The van der Waals surface area contributed by atoms with E-state index in [4.69, 9.17) is 4.74 Å². The summed E-state index contributed by atoms with van der Waals surface area (Å²) in [5, 5.41) is 17.8. The van der Waals surface area contributed by atoms with Gasteiger partial charge in [-0.15, -0.1) is 0 Å². The van der Waals surface area contributed by atoms with Crippen molar-refractivity contribution < 1.29 is 14.6 Å². The molecule has 9 heteroatoms. The SMILES string of the molecule is O=C(/C=C/CN1CCOCC1)N1CCc2c(cn3ncnc(N[C@H](CO)c4ccccc4)c23)C1. The van der Waals surface area contributed by atoms with E-state index in [-0.39, 0.29) is 18.6 Å². The first kappa shape index (κ1) is 22.5. The van der Waals surface area contributed by atoms with Crippen molar-refractivity contribution >= 4 is 17.2 Å². The van der Waals surface area contributed by atoms with E-state index in [9.17, 15) is 9.90 Å². The van der Waals surface area contributed by atoms with E-state index in [1.807, 2.05) is 52.0 Å². The second kappa shape index (κ2) is 10.3. The second-order valence-electron chi connectivity index (χ2n) is 8.65. The van der Waals surface area contributed by atoms with Gasteiger partial charge in [0.15, 0.2) is 5.82 Å². The molecule has 1 amide bonds. The number of aliphatic hydroxyl groups excluding tert-OH is 1. The molecule has 1 saturated heterocycles. The Morgan fingerprint density at radius 3 is 2.82 bits per heavy atom. The van der Waals surface area contributed by atoms with Crippen LogP contribution in [0.25, 0.3) is 5.52 Å². The van der Waals surface area contributed by atoms with E-state index >= 15 is 0 Å². The highest BCUT2D eigenvalue weighted by Crippen LogP contribution is 2.30. The summed E-state index contributed by atoms with van der Waals surface area (Å²) in [4.78, 5) is 21.4. The van der Waals surface area contributed by atoms with Crippen LogP contribution < -0.4 is 5.32 Å². The quantitative estimate of drug-likeness (QED) is 0.516. The summed E-state index contributed by atoms with van der Waals surface area (Å²) < 4.78 is 7.19. The van der Waals surface area contributed by atoms with Crippen molar-refractivity contribution in [2.75, 3.05) is 51.3 Å². The van der Waals surface area contributed by atoms with Crippen LogP contribution in [0.5, 0.6) is 0 Å². The highest BCUT2D eigenvalue weighted by molar-refractivity contribution is 5.88. The van der Waals surface area contributed by atoms with Gasteiger partial charge in [-0.2, -0.15) is 5.10 Å². The molecule has 3 aromatic rings. The average Bonchev–Trinajstić information content (AvgIpc) is 3.27. The molecular weight excluding hydrogens is 432 g/mol. The molecule has 5 rings (SSSR count). The highest BCUT2D eigenvalue weighted by Gasteiger charge is 2.25. The van der Waals surface area contributed by atoms with E-state index in [2.05, 4.69) is 20.3 Å². The first-order valence-electron chi connectivity index (χ1n) is 11.7. The van der Waals surface area contributed by atoms with Crippen LogP contribution in [0.3, 0.4) is 0 Å². The van der Waals surface area contributed by atoms with Crippen LogP contribution >= 0.6 is 0 Å². The molecule has 1 aromatic carbocycles. The van der Waals surface area contributed by atoms with Crippen molar-refractivity contribution in [1.29, 1.82) is 0 Å². The molecule has 0 saturated carbocycles. The number of hydrogen-bond donors (Lipinski definition) is 2. The minimum absolute atomic E-state index is 0.0306. The van der Waals surface area contributed by atoms with Crippen LogP contribution in [-0.4, -0.2) is 81.4 Å². The average molecular weight is 463 g/mol. The fourth-order valence-corrected chi connectivity index (χ4v) is 4.64. The van der Waals surface area contributed by atoms with Gasteiger partial charge in [0.05, 0.1) is 25.9 Å². The summed E-state index contributed by atoms with van der Waals surface area (Å²) in [5.74, 6) is 0.715. The van der Waals surface area contributed by atoms with E-state index in [0.717, 1.165) is 61.5 Å². The van der Waals surface area contributed by atoms with Crippen LogP contribution in [-0.2, 0) is 22.5 Å². The van der Waals surface area contributed by atoms with Crippen LogP contribution in [0.15, 0.2) is 55.0 Å². The molecule has 178 valence electrons. The number of nitrogens with zero attached hydrogens (tertiary/aromatic N) is 5. The standard InChI is InChI=1S/C25H30N6O3/c32-17-22(19-5-2-1-3-6-19)28-25-24-21-8-10-30(15-20(21)16-31(24)27-18-26-25)23(33)7-4-9-29-11-13-34-14-12-29/h1-7,16,18,22,32H,8-15,17H2,(H,26,27,28)/b7-4+/t22-/m1/s1. The molecule has 0 unspecified atom stereocenters. The number of hydrogen-bond acceptors (Lipinski definition) is 7. The van der Waals surface area contributed by atoms with Gasteiger partial charge in [-0.1, -0.05) is 36.4 Å². The Bertz CT molecular complexity index is 1160. The maximum Gasteiger partial charge on any atom is 0.246 e. The fourth-order valence-electron chi connectivity index (χ4n) is 4.64. The molecule has 9 nitrogen and oxygen atoms in total. The first-order chi connectivity index (χ1) is 16.7. The summed E-state index contributed by atoms with van der Waals surface area (Å²) in [5.41, 5.74) is 4.11. The van der Waals surface area contributed by atoms with Crippen molar-refractivity contribution in [2.45, 2.75) is 19.0 Å². The summed E-state index contributed by atoms with van der Waals surface area (Å²) in [6.45, 7) is 5.21. The van der Waals surface area contributed by atoms with Crippen LogP contribution in [0.4, 0.5) is 5.82 Å². The van der Waals surface area contributed by atoms with Crippen molar-refractivity contribution in [1.82, 2.24) is 24.4 Å². The van der Waals surface area contributed by atoms with Gasteiger partial charge >= 0.3 is 0 Å². The Morgan fingerprint density at radius 2 is 2.03 bits per heavy atom. The van der Waals surface area contributed by atoms with Gasteiger partial charge < -0.3 is 20.1 Å². The number of aromatic nitrogens is 3. The number of amides is 1. The lowest BCUT2D eigenvalue weighted by atomic mass is 10.0. The molecule has 0 radical (unpaired) electrons. The molecule has 0 bridgehead atoms. The molecule has 2 N–H and O–H groups in total. The number of benzene rings is 1. The monoisotopic (exact) mass is 462 g/mol. The molecule has 4 heterocycles. The van der Waals surface area contributed by atoms with Gasteiger partial charge in [0.25, 0.3) is 0 Å². The summed E-state index contributed by atoms with van der Waals surface area (Å²) in [6, 6.07) is 9.55. The van der Waals surface area contributed by atoms with E-state index in [1.54, 1.807) is 6.08 Å². The van der Waals surface area contributed by atoms with E-state index in [0.29, 0.717) is 18.9 Å². The van der Waals surface area contributed by atoms with E-state index in [1.165, 1.54) is 6.33 Å². The second-order valence-corrected chi connectivity index (χ2v) is 8.65. The third-order valence-corrected chi connectivity index (χ3v) is 6.50. The predicted octanol–water partition coefficient (Wildman–Crippen LogP) is 1.65. The number of nitrogens with one attached hydrogen (secondary N) is 1.